The minimum absolute atomic E-state index is 0.0278. The zero-order chi connectivity index (χ0) is 16.2. The van der Waals surface area contributed by atoms with Crippen molar-refractivity contribution in [2.45, 2.75) is 38.1 Å². The molecule has 2 saturated heterocycles. The van der Waals surface area contributed by atoms with Crippen LogP contribution in [-0.4, -0.2) is 48.1 Å². The van der Waals surface area contributed by atoms with Crippen LogP contribution in [-0.2, 0) is 0 Å². The summed E-state index contributed by atoms with van der Waals surface area (Å²) in [4.78, 5) is 16.6. The highest BCUT2D eigenvalue weighted by Gasteiger charge is 2.30. The minimum Gasteiger partial charge on any atom is -0.320 e. The van der Waals surface area contributed by atoms with Crippen LogP contribution in [0.4, 0.5) is 19.3 Å². The lowest BCUT2D eigenvalue weighted by Crippen LogP contribution is -2.46. The van der Waals surface area contributed by atoms with Gasteiger partial charge in [-0.05, 0) is 50.9 Å². The summed E-state index contributed by atoms with van der Waals surface area (Å²) in [5.41, 5.74) is 0.0278. The van der Waals surface area contributed by atoms with Gasteiger partial charge in [0, 0.05) is 25.2 Å². The van der Waals surface area contributed by atoms with Crippen molar-refractivity contribution >= 4 is 11.7 Å². The lowest BCUT2D eigenvalue weighted by molar-refractivity contribution is 0.161. The summed E-state index contributed by atoms with van der Waals surface area (Å²) in [5.74, 6) is -1.39. The van der Waals surface area contributed by atoms with E-state index in [0.717, 1.165) is 44.6 Å². The monoisotopic (exact) mass is 323 g/mol. The van der Waals surface area contributed by atoms with Gasteiger partial charge in [0.1, 0.15) is 11.6 Å². The third kappa shape index (κ3) is 3.99. The first-order chi connectivity index (χ1) is 11.1. The van der Waals surface area contributed by atoms with Crippen molar-refractivity contribution in [2.75, 3.05) is 31.5 Å². The molecule has 0 aromatic heterocycles. The second kappa shape index (κ2) is 7.25. The maximum atomic E-state index is 13.7. The van der Waals surface area contributed by atoms with Crippen LogP contribution in [0.3, 0.4) is 0 Å². The molecule has 0 radical (unpaired) electrons. The number of hydrogen-bond donors (Lipinski definition) is 1. The minimum atomic E-state index is -0.745. The van der Waals surface area contributed by atoms with E-state index in [1.54, 1.807) is 4.90 Å². The Labute approximate surface area is 135 Å². The summed E-state index contributed by atoms with van der Waals surface area (Å²) in [6.45, 7) is 3.77. The predicted octanol–water partition coefficient (Wildman–Crippen LogP) is 3.45. The van der Waals surface area contributed by atoms with Crippen LogP contribution in [0.2, 0.25) is 0 Å². The molecule has 3 rings (SSSR count). The molecule has 1 atom stereocenters. The number of benzene rings is 1. The van der Waals surface area contributed by atoms with E-state index in [0.29, 0.717) is 6.54 Å². The molecule has 2 aliphatic rings. The van der Waals surface area contributed by atoms with E-state index in [9.17, 15) is 13.6 Å². The summed E-state index contributed by atoms with van der Waals surface area (Å²) >= 11 is 0. The first-order valence-electron chi connectivity index (χ1n) is 8.38. The van der Waals surface area contributed by atoms with Crippen molar-refractivity contribution in [2.24, 2.45) is 0 Å². The highest BCUT2D eigenvalue weighted by molar-refractivity contribution is 5.89. The zero-order valence-corrected chi connectivity index (χ0v) is 13.2. The Bertz CT molecular complexity index is 561. The van der Waals surface area contributed by atoms with Gasteiger partial charge in [-0.15, -0.1) is 0 Å². The maximum absolute atomic E-state index is 13.7. The number of nitrogens with zero attached hydrogens (tertiary/aromatic N) is 2. The fourth-order valence-corrected chi connectivity index (χ4v) is 3.51. The number of halogens is 2. The summed E-state index contributed by atoms with van der Waals surface area (Å²) < 4.78 is 26.6. The molecule has 2 aliphatic heterocycles. The van der Waals surface area contributed by atoms with Gasteiger partial charge in [0.15, 0.2) is 0 Å². The maximum Gasteiger partial charge on any atom is 0.322 e. The standard InChI is InChI=1S/C17H23F2N3O/c18-13-6-7-16(15(19)11-13)20-17(23)22-10-4-5-14(22)12-21-8-2-1-3-9-21/h6-7,11,14H,1-5,8-10,12H2,(H,20,23)/t14-/m0/s1. The third-order valence-corrected chi connectivity index (χ3v) is 4.73. The van der Waals surface area contributed by atoms with E-state index in [2.05, 4.69) is 10.2 Å². The lowest BCUT2D eigenvalue weighted by atomic mass is 10.1. The number of carbonyl (C=O) groups excluding carboxylic acids is 1. The number of likely N-dealkylation sites (tertiary alicyclic amines) is 2. The van der Waals surface area contributed by atoms with E-state index in [1.807, 2.05) is 0 Å². The molecule has 1 aromatic carbocycles. The molecule has 0 bridgehead atoms. The van der Waals surface area contributed by atoms with Crippen molar-refractivity contribution in [1.29, 1.82) is 0 Å². The van der Waals surface area contributed by atoms with Gasteiger partial charge in [-0.2, -0.15) is 0 Å². The first-order valence-corrected chi connectivity index (χ1v) is 8.38. The van der Waals surface area contributed by atoms with Gasteiger partial charge in [-0.25, -0.2) is 13.6 Å². The number of rotatable bonds is 3. The number of piperidine rings is 1. The van der Waals surface area contributed by atoms with Gasteiger partial charge in [0.05, 0.1) is 5.69 Å². The molecule has 6 heteroatoms. The van der Waals surface area contributed by atoms with Crippen LogP contribution in [0.15, 0.2) is 18.2 Å². The van der Waals surface area contributed by atoms with E-state index < -0.39 is 11.6 Å². The van der Waals surface area contributed by atoms with Crippen molar-refractivity contribution in [3.8, 4) is 0 Å². The summed E-state index contributed by atoms with van der Waals surface area (Å²) in [5, 5.41) is 2.57. The Morgan fingerprint density at radius 2 is 1.91 bits per heavy atom. The number of nitrogens with one attached hydrogen (secondary N) is 1. The smallest absolute Gasteiger partial charge is 0.320 e. The molecule has 0 spiro atoms. The Morgan fingerprint density at radius 1 is 1.13 bits per heavy atom. The molecular formula is C17H23F2N3O. The van der Waals surface area contributed by atoms with Crippen molar-refractivity contribution in [3.05, 3.63) is 29.8 Å². The summed E-state index contributed by atoms with van der Waals surface area (Å²) in [6.07, 6.45) is 5.68. The molecular weight excluding hydrogens is 300 g/mol. The van der Waals surface area contributed by atoms with Crippen LogP contribution >= 0.6 is 0 Å². The van der Waals surface area contributed by atoms with Crippen LogP contribution in [0.1, 0.15) is 32.1 Å². The first kappa shape index (κ1) is 16.2. The number of urea groups is 1. The molecule has 126 valence electrons. The van der Waals surface area contributed by atoms with E-state index >= 15 is 0 Å². The molecule has 2 fully saturated rings. The Morgan fingerprint density at radius 3 is 2.65 bits per heavy atom. The molecule has 0 aliphatic carbocycles. The zero-order valence-electron chi connectivity index (χ0n) is 13.2. The number of hydrogen-bond acceptors (Lipinski definition) is 2. The fourth-order valence-electron chi connectivity index (χ4n) is 3.51. The van der Waals surface area contributed by atoms with Crippen LogP contribution < -0.4 is 5.32 Å². The number of amides is 2. The van der Waals surface area contributed by atoms with E-state index in [-0.39, 0.29) is 17.8 Å². The highest BCUT2D eigenvalue weighted by atomic mass is 19.1. The van der Waals surface area contributed by atoms with Gasteiger partial charge >= 0.3 is 6.03 Å². The Hall–Kier alpha value is -1.69. The van der Waals surface area contributed by atoms with Crippen molar-refractivity contribution in [3.63, 3.8) is 0 Å². The predicted molar refractivity (Wildman–Crippen MR) is 85.4 cm³/mol. The quantitative estimate of drug-likeness (QED) is 0.925. The molecule has 0 unspecified atom stereocenters. The van der Waals surface area contributed by atoms with Gasteiger partial charge in [0.2, 0.25) is 0 Å². The molecule has 1 aromatic rings. The number of anilines is 1. The van der Waals surface area contributed by atoms with Gasteiger partial charge < -0.3 is 15.1 Å². The normalized spacial score (nSPS) is 22.3. The molecule has 1 N–H and O–H groups in total. The van der Waals surface area contributed by atoms with Crippen LogP contribution in [0.25, 0.3) is 0 Å². The van der Waals surface area contributed by atoms with Crippen molar-refractivity contribution < 1.29 is 13.6 Å². The lowest BCUT2D eigenvalue weighted by Gasteiger charge is -2.33. The molecule has 4 nitrogen and oxygen atoms in total. The summed E-state index contributed by atoms with van der Waals surface area (Å²) in [6, 6.07) is 3.07. The second-order valence-electron chi connectivity index (χ2n) is 6.41. The summed E-state index contributed by atoms with van der Waals surface area (Å²) in [7, 11) is 0. The second-order valence-corrected chi connectivity index (χ2v) is 6.41. The van der Waals surface area contributed by atoms with Crippen LogP contribution in [0, 0.1) is 11.6 Å². The Kier molecular flexibility index (Phi) is 5.10. The van der Waals surface area contributed by atoms with Gasteiger partial charge in [-0.1, -0.05) is 6.42 Å². The van der Waals surface area contributed by atoms with E-state index in [1.165, 1.54) is 25.3 Å². The fraction of sp³-hybridized carbons (Fsp3) is 0.588. The SMILES string of the molecule is O=C(Nc1ccc(F)cc1F)N1CCC[C@H]1CN1CCCCC1. The molecule has 2 amide bonds. The molecule has 0 saturated carbocycles. The van der Waals surface area contributed by atoms with Crippen molar-refractivity contribution in [1.82, 2.24) is 9.80 Å². The van der Waals surface area contributed by atoms with Crippen LogP contribution in [0.5, 0.6) is 0 Å². The topological polar surface area (TPSA) is 35.6 Å². The molecule has 2 heterocycles. The third-order valence-electron chi connectivity index (χ3n) is 4.73. The largest absolute Gasteiger partial charge is 0.322 e. The average molecular weight is 323 g/mol. The van der Waals surface area contributed by atoms with Gasteiger partial charge in [0.25, 0.3) is 0 Å². The number of carbonyl (C=O) groups is 1. The Balaban J connectivity index is 1.61. The molecule has 23 heavy (non-hydrogen) atoms. The highest BCUT2D eigenvalue weighted by Crippen LogP contribution is 2.22. The average Bonchev–Trinajstić information content (AvgIpc) is 2.99. The van der Waals surface area contributed by atoms with E-state index in [4.69, 9.17) is 0 Å². The van der Waals surface area contributed by atoms with Gasteiger partial charge in [-0.3, -0.25) is 0 Å².